The van der Waals surface area contributed by atoms with Gasteiger partial charge in [-0.15, -0.1) is 11.8 Å². The number of halogens is 1. The van der Waals surface area contributed by atoms with Crippen molar-refractivity contribution < 1.29 is 4.79 Å². The van der Waals surface area contributed by atoms with E-state index in [2.05, 4.69) is 32.3 Å². The third kappa shape index (κ3) is 4.92. The second kappa shape index (κ2) is 9.12. The molecule has 0 atom stereocenters. The number of anilines is 1. The Labute approximate surface area is 193 Å². The van der Waals surface area contributed by atoms with Gasteiger partial charge in [0.25, 0.3) is 5.91 Å². The van der Waals surface area contributed by atoms with Gasteiger partial charge < -0.3 is 10.3 Å². The van der Waals surface area contributed by atoms with Crippen LogP contribution in [-0.4, -0.2) is 10.9 Å². The van der Waals surface area contributed by atoms with Gasteiger partial charge >= 0.3 is 0 Å². The molecule has 0 aliphatic heterocycles. The molecular formula is C25H21BrN2O2S. The van der Waals surface area contributed by atoms with Gasteiger partial charge in [0.2, 0.25) is 0 Å². The fourth-order valence-electron chi connectivity index (χ4n) is 3.51. The lowest BCUT2D eigenvalue weighted by Gasteiger charge is -2.12. The van der Waals surface area contributed by atoms with Crippen molar-refractivity contribution in [2.24, 2.45) is 0 Å². The highest BCUT2D eigenvalue weighted by atomic mass is 79.9. The first-order valence-corrected chi connectivity index (χ1v) is 11.6. The summed E-state index contributed by atoms with van der Waals surface area (Å²) in [6.45, 7) is 4.00. The molecule has 2 N–H and O–H groups in total. The number of aromatic nitrogens is 1. The Kier molecular flexibility index (Phi) is 6.30. The van der Waals surface area contributed by atoms with E-state index in [9.17, 15) is 9.59 Å². The van der Waals surface area contributed by atoms with Gasteiger partial charge in [-0.25, -0.2) is 0 Å². The van der Waals surface area contributed by atoms with Gasteiger partial charge in [-0.2, -0.15) is 0 Å². The average Bonchev–Trinajstić information content (AvgIpc) is 2.74. The van der Waals surface area contributed by atoms with Crippen molar-refractivity contribution in [2.45, 2.75) is 24.5 Å². The van der Waals surface area contributed by atoms with Crippen molar-refractivity contribution in [3.63, 3.8) is 0 Å². The number of hydrogen-bond acceptors (Lipinski definition) is 3. The molecule has 4 nitrogen and oxygen atoms in total. The minimum Gasteiger partial charge on any atom is -0.357 e. The van der Waals surface area contributed by atoms with Crippen molar-refractivity contribution in [3.05, 3.63) is 104 Å². The van der Waals surface area contributed by atoms with Crippen LogP contribution in [0.25, 0.3) is 10.9 Å². The summed E-state index contributed by atoms with van der Waals surface area (Å²) in [5.74, 6) is 0.418. The van der Waals surface area contributed by atoms with Gasteiger partial charge in [-0.05, 0) is 61.4 Å². The number of H-pyrrole nitrogens is 1. The van der Waals surface area contributed by atoms with E-state index in [-0.39, 0.29) is 11.3 Å². The van der Waals surface area contributed by atoms with E-state index >= 15 is 0 Å². The molecule has 3 aromatic carbocycles. The fraction of sp³-hybridized carbons (Fsp3) is 0.120. The zero-order valence-electron chi connectivity index (χ0n) is 17.2. The number of rotatable bonds is 5. The minimum absolute atomic E-state index is 0.0207. The van der Waals surface area contributed by atoms with Crippen LogP contribution in [0.15, 0.2) is 80.9 Å². The molecule has 1 aromatic heterocycles. The molecule has 0 aliphatic rings. The number of fused-ring (bicyclic) bond motifs is 1. The number of para-hydroxylation sites is 1. The SMILES string of the molecule is Cc1cc(C)c2[nH]c(CSc3ccccc3NC(=O)c3cccc(Br)c3)cc(=O)c2c1. The predicted octanol–water partition coefficient (Wildman–Crippen LogP) is 6.45. The Hall–Kier alpha value is -2.83. The highest BCUT2D eigenvalue weighted by molar-refractivity contribution is 9.10. The summed E-state index contributed by atoms with van der Waals surface area (Å²) in [6, 6.07) is 20.6. The Bertz CT molecular complexity index is 1350. The molecule has 1 heterocycles. The molecule has 6 heteroatoms. The van der Waals surface area contributed by atoms with Gasteiger partial charge in [0.1, 0.15) is 0 Å². The Morgan fingerprint density at radius 1 is 1.03 bits per heavy atom. The van der Waals surface area contributed by atoms with Crippen molar-refractivity contribution in [2.75, 3.05) is 5.32 Å². The third-order valence-electron chi connectivity index (χ3n) is 4.94. The van der Waals surface area contributed by atoms with Gasteiger partial charge in [-0.3, -0.25) is 9.59 Å². The number of benzene rings is 3. The van der Waals surface area contributed by atoms with Crippen LogP contribution in [0.2, 0.25) is 0 Å². The van der Waals surface area contributed by atoms with Crippen LogP contribution < -0.4 is 10.7 Å². The van der Waals surface area contributed by atoms with Gasteiger partial charge in [0.15, 0.2) is 5.43 Å². The third-order valence-corrected chi connectivity index (χ3v) is 6.56. The number of hydrogen-bond donors (Lipinski definition) is 2. The highest BCUT2D eigenvalue weighted by Crippen LogP contribution is 2.30. The lowest BCUT2D eigenvalue weighted by atomic mass is 10.1. The van der Waals surface area contributed by atoms with E-state index in [1.165, 1.54) is 0 Å². The van der Waals surface area contributed by atoms with Crippen LogP contribution in [-0.2, 0) is 5.75 Å². The van der Waals surface area contributed by atoms with Crippen molar-refractivity contribution in [3.8, 4) is 0 Å². The summed E-state index contributed by atoms with van der Waals surface area (Å²) < 4.78 is 0.855. The maximum absolute atomic E-state index is 12.7. The molecule has 156 valence electrons. The summed E-state index contributed by atoms with van der Waals surface area (Å²) in [7, 11) is 0. The second-order valence-corrected chi connectivity index (χ2v) is 9.35. The van der Waals surface area contributed by atoms with Crippen LogP contribution >= 0.6 is 27.7 Å². The normalized spacial score (nSPS) is 10.9. The van der Waals surface area contributed by atoms with E-state index in [4.69, 9.17) is 0 Å². The zero-order chi connectivity index (χ0) is 22.0. The summed E-state index contributed by atoms with van der Waals surface area (Å²) >= 11 is 4.97. The van der Waals surface area contributed by atoms with Gasteiger partial charge in [0.05, 0.1) is 11.2 Å². The monoisotopic (exact) mass is 492 g/mol. The Balaban J connectivity index is 1.56. The molecule has 0 saturated carbocycles. The molecule has 1 amide bonds. The van der Waals surface area contributed by atoms with Crippen molar-refractivity contribution >= 4 is 50.2 Å². The molecule has 0 radical (unpaired) electrons. The van der Waals surface area contributed by atoms with Crippen LogP contribution in [0.4, 0.5) is 5.69 Å². The molecule has 4 aromatic rings. The van der Waals surface area contributed by atoms with Crippen LogP contribution in [0.3, 0.4) is 0 Å². The number of aromatic amines is 1. The number of carbonyl (C=O) groups is 1. The van der Waals surface area contributed by atoms with Gasteiger partial charge in [-0.1, -0.05) is 40.2 Å². The van der Waals surface area contributed by atoms with Crippen LogP contribution in [0, 0.1) is 13.8 Å². The molecule has 4 rings (SSSR count). The maximum Gasteiger partial charge on any atom is 0.255 e. The molecular weight excluding hydrogens is 472 g/mol. The number of thioether (sulfide) groups is 1. The summed E-state index contributed by atoms with van der Waals surface area (Å²) in [5.41, 5.74) is 5.21. The van der Waals surface area contributed by atoms with E-state index in [1.807, 2.05) is 56.3 Å². The van der Waals surface area contributed by atoms with E-state index in [0.717, 1.165) is 37.4 Å². The number of aryl methyl sites for hydroxylation is 2. The first kappa shape index (κ1) is 21.4. The summed E-state index contributed by atoms with van der Waals surface area (Å²) in [4.78, 5) is 29.6. The minimum atomic E-state index is -0.167. The first-order chi connectivity index (χ1) is 14.9. The lowest BCUT2D eigenvalue weighted by molar-refractivity contribution is 0.102. The van der Waals surface area contributed by atoms with Crippen LogP contribution in [0.1, 0.15) is 27.2 Å². The maximum atomic E-state index is 12.7. The van der Waals surface area contributed by atoms with Gasteiger partial charge in [0, 0.05) is 37.8 Å². The standard InChI is InChI=1S/C25H21BrN2O2S/c1-15-10-16(2)24-20(11-15)22(29)13-19(27-24)14-31-23-9-4-3-8-21(23)28-25(30)17-6-5-7-18(26)12-17/h3-13H,14H2,1-2H3,(H,27,29)(H,28,30). The molecule has 0 bridgehead atoms. The molecule has 0 aliphatic carbocycles. The predicted molar refractivity (Wildman–Crippen MR) is 132 cm³/mol. The lowest BCUT2D eigenvalue weighted by Crippen LogP contribution is -2.12. The molecule has 0 saturated heterocycles. The second-order valence-electron chi connectivity index (χ2n) is 7.41. The topological polar surface area (TPSA) is 62.0 Å². The highest BCUT2D eigenvalue weighted by Gasteiger charge is 2.11. The van der Waals surface area contributed by atoms with E-state index < -0.39 is 0 Å². The van der Waals surface area contributed by atoms with Crippen molar-refractivity contribution in [1.29, 1.82) is 0 Å². The van der Waals surface area contributed by atoms with Crippen molar-refractivity contribution in [1.82, 2.24) is 4.98 Å². The fourth-order valence-corrected chi connectivity index (χ4v) is 4.83. The Morgan fingerprint density at radius 3 is 2.65 bits per heavy atom. The quantitative estimate of drug-likeness (QED) is 0.314. The molecule has 0 spiro atoms. The largest absolute Gasteiger partial charge is 0.357 e. The summed E-state index contributed by atoms with van der Waals surface area (Å²) in [6.07, 6.45) is 0. The Morgan fingerprint density at radius 2 is 1.84 bits per heavy atom. The number of amides is 1. The smallest absolute Gasteiger partial charge is 0.255 e. The van der Waals surface area contributed by atoms with Crippen LogP contribution in [0.5, 0.6) is 0 Å². The number of pyridine rings is 1. The average molecular weight is 493 g/mol. The number of carbonyl (C=O) groups excluding carboxylic acids is 1. The molecule has 31 heavy (non-hydrogen) atoms. The zero-order valence-corrected chi connectivity index (χ0v) is 19.6. The van der Waals surface area contributed by atoms with E-state index in [0.29, 0.717) is 16.7 Å². The summed E-state index contributed by atoms with van der Waals surface area (Å²) in [5, 5.41) is 3.71. The first-order valence-electron chi connectivity index (χ1n) is 9.82. The number of nitrogens with one attached hydrogen (secondary N) is 2. The molecule has 0 fully saturated rings. The molecule has 0 unspecified atom stereocenters. The van der Waals surface area contributed by atoms with E-state index in [1.54, 1.807) is 30.0 Å².